The first kappa shape index (κ1) is 11.2. The van der Waals surface area contributed by atoms with E-state index in [0.29, 0.717) is 19.8 Å². The molecule has 2 fully saturated rings. The van der Waals surface area contributed by atoms with Crippen molar-refractivity contribution >= 4 is 0 Å². The maximum atomic E-state index is 13.4. The molecule has 1 aromatic carbocycles. The molecule has 0 spiro atoms. The summed E-state index contributed by atoms with van der Waals surface area (Å²) in [7, 11) is 0. The molecule has 1 saturated heterocycles. The molecule has 0 unspecified atom stereocenters. The highest BCUT2D eigenvalue weighted by atomic mass is 19.1. The van der Waals surface area contributed by atoms with E-state index < -0.39 is 0 Å². The van der Waals surface area contributed by atoms with Crippen LogP contribution >= 0.6 is 0 Å². The van der Waals surface area contributed by atoms with Gasteiger partial charge in [0.15, 0.2) is 0 Å². The highest BCUT2D eigenvalue weighted by Gasteiger charge is 2.58. The van der Waals surface area contributed by atoms with Gasteiger partial charge in [0.05, 0.1) is 13.2 Å². The standard InChI is InChI=1S/C14H18FNO/c15-12-4-1-3-11(7-12)14(9-17-10-14)13(8-16)5-2-6-13/h1,3-4,7H,2,5-6,8-10,16H2. The molecule has 92 valence electrons. The molecule has 2 nitrogen and oxygen atoms in total. The van der Waals surface area contributed by atoms with E-state index in [0.717, 1.165) is 18.4 Å². The lowest BCUT2D eigenvalue weighted by Crippen LogP contribution is -2.64. The number of benzene rings is 1. The molecular weight excluding hydrogens is 217 g/mol. The zero-order valence-electron chi connectivity index (χ0n) is 9.92. The lowest BCUT2D eigenvalue weighted by molar-refractivity contribution is -0.154. The number of nitrogens with two attached hydrogens (primary N) is 1. The second kappa shape index (κ2) is 3.79. The van der Waals surface area contributed by atoms with Crippen LogP contribution in [-0.4, -0.2) is 19.8 Å². The Morgan fingerprint density at radius 1 is 1.29 bits per heavy atom. The van der Waals surface area contributed by atoms with Gasteiger partial charge >= 0.3 is 0 Å². The smallest absolute Gasteiger partial charge is 0.123 e. The summed E-state index contributed by atoms with van der Waals surface area (Å²) in [5.41, 5.74) is 7.15. The van der Waals surface area contributed by atoms with Gasteiger partial charge in [-0.2, -0.15) is 0 Å². The first-order valence-corrected chi connectivity index (χ1v) is 6.26. The summed E-state index contributed by atoms with van der Waals surface area (Å²) in [5, 5.41) is 0. The molecule has 1 aliphatic heterocycles. The zero-order valence-corrected chi connectivity index (χ0v) is 9.92. The largest absolute Gasteiger partial charge is 0.379 e. The Morgan fingerprint density at radius 3 is 2.47 bits per heavy atom. The minimum atomic E-state index is -0.166. The van der Waals surface area contributed by atoms with Crippen molar-refractivity contribution < 1.29 is 9.13 Å². The Labute approximate surface area is 101 Å². The normalized spacial score (nSPS) is 24.8. The quantitative estimate of drug-likeness (QED) is 0.872. The molecule has 0 radical (unpaired) electrons. The Hall–Kier alpha value is -0.930. The predicted molar refractivity (Wildman–Crippen MR) is 64.2 cm³/mol. The van der Waals surface area contributed by atoms with Gasteiger partial charge in [0.2, 0.25) is 0 Å². The number of ether oxygens (including phenoxy) is 1. The van der Waals surface area contributed by atoms with Crippen LogP contribution in [0.5, 0.6) is 0 Å². The average molecular weight is 235 g/mol. The van der Waals surface area contributed by atoms with Gasteiger partial charge in [0.25, 0.3) is 0 Å². The molecule has 0 bridgehead atoms. The van der Waals surface area contributed by atoms with Gasteiger partial charge in [-0.05, 0) is 42.5 Å². The SMILES string of the molecule is NCC1(C2(c3cccc(F)c3)COC2)CCC1. The first-order chi connectivity index (χ1) is 8.22. The topological polar surface area (TPSA) is 35.2 Å². The van der Waals surface area contributed by atoms with Gasteiger partial charge in [-0.25, -0.2) is 4.39 Å². The Kier molecular flexibility index (Phi) is 2.49. The summed E-state index contributed by atoms with van der Waals surface area (Å²) in [6, 6.07) is 6.94. The Balaban J connectivity index is 2.02. The number of hydrogen-bond acceptors (Lipinski definition) is 2. The van der Waals surface area contributed by atoms with Crippen molar-refractivity contribution in [2.75, 3.05) is 19.8 Å². The van der Waals surface area contributed by atoms with Crippen LogP contribution in [0, 0.1) is 11.2 Å². The van der Waals surface area contributed by atoms with Crippen LogP contribution in [0.15, 0.2) is 24.3 Å². The highest BCUT2D eigenvalue weighted by Crippen LogP contribution is 2.57. The maximum Gasteiger partial charge on any atom is 0.123 e. The molecular formula is C14H18FNO. The third-order valence-electron chi connectivity index (χ3n) is 4.79. The molecule has 1 aromatic rings. The predicted octanol–water partition coefficient (Wildman–Crippen LogP) is 2.22. The number of halogens is 1. The summed E-state index contributed by atoms with van der Waals surface area (Å²) < 4.78 is 18.8. The maximum absolute atomic E-state index is 13.4. The Bertz CT molecular complexity index is 418. The van der Waals surface area contributed by atoms with Crippen molar-refractivity contribution in [3.05, 3.63) is 35.6 Å². The van der Waals surface area contributed by atoms with Crippen LogP contribution in [-0.2, 0) is 10.2 Å². The molecule has 1 heterocycles. The van der Waals surface area contributed by atoms with E-state index in [1.165, 1.54) is 12.5 Å². The van der Waals surface area contributed by atoms with Gasteiger partial charge in [-0.15, -0.1) is 0 Å². The zero-order chi connectivity index (χ0) is 11.9. The fraction of sp³-hybridized carbons (Fsp3) is 0.571. The molecule has 0 aromatic heterocycles. The second-order valence-corrected chi connectivity index (χ2v) is 5.42. The molecule has 17 heavy (non-hydrogen) atoms. The molecule has 2 aliphatic rings. The van der Waals surface area contributed by atoms with E-state index in [1.807, 2.05) is 6.07 Å². The third kappa shape index (κ3) is 1.39. The van der Waals surface area contributed by atoms with Crippen molar-refractivity contribution in [2.24, 2.45) is 11.1 Å². The first-order valence-electron chi connectivity index (χ1n) is 6.26. The van der Waals surface area contributed by atoms with Crippen molar-refractivity contribution in [3.8, 4) is 0 Å². The van der Waals surface area contributed by atoms with E-state index in [2.05, 4.69) is 0 Å². The van der Waals surface area contributed by atoms with Crippen molar-refractivity contribution in [2.45, 2.75) is 24.7 Å². The van der Waals surface area contributed by atoms with Crippen LogP contribution in [0.1, 0.15) is 24.8 Å². The third-order valence-corrected chi connectivity index (χ3v) is 4.79. The minimum absolute atomic E-state index is 0.0396. The molecule has 0 atom stereocenters. The van der Waals surface area contributed by atoms with Crippen molar-refractivity contribution in [1.82, 2.24) is 0 Å². The molecule has 1 aliphatic carbocycles. The van der Waals surface area contributed by atoms with Crippen LogP contribution in [0.4, 0.5) is 4.39 Å². The van der Waals surface area contributed by atoms with Gasteiger partial charge in [-0.3, -0.25) is 0 Å². The van der Waals surface area contributed by atoms with E-state index >= 15 is 0 Å². The molecule has 2 N–H and O–H groups in total. The fourth-order valence-electron chi connectivity index (χ4n) is 3.35. The lowest BCUT2D eigenvalue weighted by atomic mass is 9.50. The van der Waals surface area contributed by atoms with E-state index in [4.69, 9.17) is 10.5 Å². The fourth-order valence-corrected chi connectivity index (χ4v) is 3.35. The number of hydrogen-bond donors (Lipinski definition) is 1. The van der Waals surface area contributed by atoms with Crippen molar-refractivity contribution in [1.29, 1.82) is 0 Å². The second-order valence-electron chi connectivity index (χ2n) is 5.42. The van der Waals surface area contributed by atoms with Gasteiger partial charge in [0, 0.05) is 5.41 Å². The molecule has 3 heteroatoms. The molecule has 0 amide bonds. The average Bonchev–Trinajstić information content (AvgIpc) is 2.20. The monoisotopic (exact) mass is 235 g/mol. The molecule has 1 saturated carbocycles. The van der Waals surface area contributed by atoms with Crippen LogP contribution in [0.25, 0.3) is 0 Å². The Morgan fingerprint density at radius 2 is 2.06 bits per heavy atom. The summed E-state index contributed by atoms with van der Waals surface area (Å²) in [6.45, 7) is 2.05. The summed E-state index contributed by atoms with van der Waals surface area (Å²) in [6.07, 6.45) is 3.51. The van der Waals surface area contributed by atoms with Gasteiger partial charge < -0.3 is 10.5 Å². The minimum Gasteiger partial charge on any atom is -0.379 e. The van der Waals surface area contributed by atoms with Gasteiger partial charge in [0.1, 0.15) is 5.82 Å². The van der Waals surface area contributed by atoms with Crippen LogP contribution in [0.3, 0.4) is 0 Å². The summed E-state index contributed by atoms with van der Waals surface area (Å²) in [4.78, 5) is 0. The number of rotatable bonds is 3. The van der Waals surface area contributed by atoms with Crippen molar-refractivity contribution in [3.63, 3.8) is 0 Å². The summed E-state index contributed by atoms with van der Waals surface area (Å²) in [5.74, 6) is -0.166. The van der Waals surface area contributed by atoms with Crippen LogP contribution < -0.4 is 5.73 Å². The van der Waals surface area contributed by atoms with Gasteiger partial charge in [-0.1, -0.05) is 18.6 Å². The summed E-state index contributed by atoms with van der Waals surface area (Å²) >= 11 is 0. The van der Waals surface area contributed by atoms with Crippen LogP contribution in [0.2, 0.25) is 0 Å². The highest BCUT2D eigenvalue weighted by molar-refractivity contribution is 5.33. The van der Waals surface area contributed by atoms with E-state index in [1.54, 1.807) is 12.1 Å². The lowest BCUT2D eigenvalue weighted by Gasteiger charge is -2.60. The molecule has 3 rings (SSSR count). The van der Waals surface area contributed by atoms with E-state index in [-0.39, 0.29) is 16.6 Å². The van der Waals surface area contributed by atoms with E-state index in [9.17, 15) is 4.39 Å².